The van der Waals surface area contributed by atoms with Crippen LogP contribution >= 0.6 is 11.6 Å². The van der Waals surface area contributed by atoms with Crippen LogP contribution in [0.2, 0.25) is 5.02 Å². The molecule has 1 atom stereocenters. The van der Waals surface area contributed by atoms with E-state index in [0.717, 1.165) is 5.56 Å². The second kappa shape index (κ2) is 4.46. The Morgan fingerprint density at radius 2 is 2.31 bits per heavy atom. The third-order valence-corrected chi connectivity index (χ3v) is 2.47. The van der Waals surface area contributed by atoms with Crippen LogP contribution in [0.15, 0.2) is 18.2 Å². The first-order valence-electron chi connectivity index (χ1n) is 4.54. The van der Waals surface area contributed by atoms with Crippen molar-refractivity contribution < 1.29 is 4.74 Å². The molecule has 0 spiro atoms. The first kappa shape index (κ1) is 10.8. The molecule has 1 aromatic carbocycles. The first-order valence-corrected chi connectivity index (χ1v) is 4.92. The van der Waals surface area contributed by atoms with Crippen molar-refractivity contribution in [3.05, 3.63) is 34.6 Å². The van der Waals surface area contributed by atoms with Crippen molar-refractivity contribution in [2.45, 2.75) is 6.04 Å². The molecule has 0 amide bonds. The van der Waals surface area contributed by atoms with Gasteiger partial charge in [0.1, 0.15) is 5.75 Å². The van der Waals surface area contributed by atoms with E-state index in [0.29, 0.717) is 16.6 Å². The molecule has 0 aliphatic carbocycles. The zero-order chi connectivity index (χ0) is 11.5. The van der Waals surface area contributed by atoms with Gasteiger partial charge >= 0.3 is 0 Å². The van der Waals surface area contributed by atoms with Crippen molar-refractivity contribution in [1.82, 2.24) is 20.6 Å². The van der Waals surface area contributed by atoms with Crippen LogP contribution in [-0.4, -0.2) is 27.7 Å². The predicted molar refractivity (Wildman–Crippen MR) is 58.2 cm³/mol. The van der Waals surface area contributed by atoms with E-state index in [1.165, 1.54) is 0 Å². The third kappa shape index (κ3) is 1.98. The summed E-state index contributed by atoms with van der Waals surface area (Å²) >= 11 is 5.99. The van der Waals surface area contributed by atoms with E-state index >= 15 is 0 Å². The van der Waals surface area contributed by atoms with E-state index in [9.17, 15) is 0 Å². The second-order valence-electron chi connectivity index (χ2n) is 3.14. The van der Waals surface area contributed by atoms with Gasteiger partial charge in [-0.25, -0.2) is 0 Å². The van der Waals surface area contributed by atoms with Crippen LogP contribution in [0.4, 0.5) is 0 Å². The van der Waals surface area contributed by atoms with Crippen LogP contribution in [0, 0.1) is 0 Å². The second-order valence-corrected chi connectivity index (χ2v) is 3.55. The zero-order valence-electron chi connectivity index (χ0n) is 8.51. The van der Waals surface area contributed by atoms with Gasteiger partial charge in [-0.2, -0.15) is 5.21 Å². The van der Waals surface area contributed by atoms with E-state index < -0.39 is 6.04 Å². The summed E-state index contributed by atoms with van der Waals surface area (Å²) in [5.41, 5.74) is 6.74. The quantitative estimate of drug-likeness (QED) is 0.831. The zero-order valence-corrected chi connectivity index (χ0v) is 9.27. The molecular formula is C9H10ClN5O. The van der Waals surface area contributed by atoms with E-state index in [1.807, 2.05) is 6.07 Å². The van der Waals surface area contributed by atoms with Crippen LogP contribution in [0.1, 0.15) is 17.4 Å². The molecule has 1 heterocycles. The number of methoxy groups -OCH3 is 1. The summed E-state index contributed by atoms with van der Waals surface area (Å²) in [6.07, 6.45) is 0. The smallest absolute Gasteiger partial charge is 0.195 e. The van der Waals surface area contributed by atoms with Gasteiger partial charge in [0.05, 0.1) is 18.2 Å². The predicted octanol–water partition coefficient (Wildman–Crippen LogP) is 0.910. The lowest BCUT2D eigenvalue weighted by Gasteiger charge is -2.09. The molecule has 2 rings (SSSR count). The molecule has 0 saturated heterocycles. The number of nitrogens with two attached hydrogens (primary N) is 1. The molecule has 0 bridgehead atoms. The van der Waals surface area contributed by atoms with Crippen molar-refractivity contribution in [3.63, 3.8) is 0 Å². The fraction of sp³-hybridized carbons (Fsp3) is 0.222. The van der Waals surface area contributed by atoms with Crippen molar-refractivity contribution in [1.29, 1.82) is 0 Å². The highest BCUT2D eigenvalue weighted by Gasteiger charge is 2.14. The number of nitrogens with one attached hydrogen (secondary N) is 1. The standard InChI is InChI=1S/C9H10ClN5O/c1-16-7-3-2-5(4-6(7)10)8(11)9-12-14-15-13-9/h2-4,8H,11H2,1H3,(H,12,13,14,15). The average Bonchev–Trinajstić information content (AvgIpc) is 2.81. The van der Waals surface area contributed by atoms with Crippen LogP contribution in [0.25, 0.3) is 0 Å². The lowest BCUT2D eigenvalue weighted by molar-refractivity contribution is 0.415. The van der Waals surface area contributed by atoms with E-state index in [1.54, 1.807) is 19.2 Å². The Labute approximate surface area is 96.7 Å². The summed E-state index contributed by atoms with van der Waals surface area (Å²) in [7, 11) is 1.56. The van der Waals surface area contributed by atoms with E-state index in [4.69, 9.17) is 22.1 Å². The molecule has 0 aliphatic rings. The number of ether oxygens (including phenoxy) is 1. The largest absolute Gasteiger partial charge is 0.495 e. The molecule has 1 unspecified atom stereocenters. The van der Waals surface area contributed by atoms with Crippen LogP contribution in [0.3, 0.4) is 0 Å². The SMILES string of the molecule is COc1ccc(C(N)c2nn[nH]n2)cc1Cl. The van der Waals surface area contributed by atoms with Crippen molar-refractivity contribution in [3.8, 4) is 5.75 Å². The molecule has 6 nitrogen and oxygen atoms in total. The fourth-order valence-electron chi connectivity index (χ4n) is 1.33. The number of halogens is 1. The lowest BCUT2D eigenvalue weighted by Crippen LogP contribution is -2.13. The molecule has 0 radical (unpaired) electrons. The maximum atomic E-state index is 5.99. The summed E-state index contributed by atoms with van der Waals surface area (Å²) in [6.45, 7) is 0. The number of rotatable bonds is 3. The monoisotopic (exact) mass is 239 g/mol. The summed E-state index contributed by atoms with van der Waals surface area (Å²) in [5.74, 6) is 1.02. The Morgan fingerprint density at radius 3 is 2.88 bits per heavy atom. The minimum atomic E-state index is -0.456. The molecule has 1 aromatic heterocycles. The van der Waals surface area contributed by atoms with Crippen LogP contribution in [0.5, 0.6) is 5.75 Å². The summed E-state index contributed by atoms with van der Waals surface area (Å²) in [4.78, 5) is 0. The highest BCUT2D eigenvalue weighted by atomic mass is 35.5. The van der Waals surface area contributed by atoms with Gasteiger partial charge in [-0.15, -0.1) is 10.2 Å². The van der Waals surface area contributed by atoms with Crippen LogP contribution < -0.4 is 10.5 Å². The molecule has 7 heteroatoms. The molecule has 84 valence electrons. The Kier molecular flexibility index (Phi) is 3.02. The van der Waals surface area contributed by atoms with Gasteiger partial charge in [-0.05, 0) is 17.7 Å². The fourth-order valence-corrected chi connectivity index (χ4v) is 1.59. The highest BCUT2D eigenvalue weighted by Crippen LogP contribution is 2.28. The molecule has 0 saturated carbocycles. The molecule has 3 N–H and O–H groups in total. The van der Waals surface area contributed by atoms with Crippen molar-refractivity contribution in [2.75, 3.05) is 7.11 Å². The van der Waals surface area contributed by atoms with Gasteiger partial charge < -0.3 is 10.5 Å². The topological polar surface area (TPSA) is 89.7 Å². The minimum Gasteiger partial charge on any atom is -0.495 e. The Hall–Kier alpha value is -1.66. The van der Waals surface area contributed by atoms with E-state index in [2.05, 4.69) is 20.6 Å². The highest BCUT2D eigenvalue weighted by molar-refractivity contribution is 6.32. The van der Waals surface area contributed by atoms with Gasteiger partial charge in [-0.3, -0.25) is 0 Å². The summed E-state index contributed by atoms with van der Waals surface area (Å²) < 4.78 is 5.05. The first-order chi connectivity index (χ1) is 7.72. The number of H-pyrrole nitrogens is 1. The van der Waals surface area contributed by atoms with Crippen LogP contribution in [-0.2, 0) is 0 Å². The van der Waals surface area contributed by atoms with Gasteiger partial charge in [-0.1, -0.05) is 22.9 Å². The van der Waals surface area contributed by atoms with Gasteiger partial charge in [0.25, 0.3) is 0 Å². The van der Waals surface area contributed by atoms with Crippen molar-refractivity contribution >= 4 is 11.6 Å². The maximum Gasteiger partial charge on any atom is 0.195 e. The third-order valence-electron chi connectivity index (χ3n) is 2.17. The number of aromatic nitrogens is 4. The average molecular weight is 240 g/mol. The molecule has 16 heavy (non-hydrogen) atoms. The molecular weight excluding hydrogens is 230 g/mol. The number of hydrogen-bond donors (Lipinski definition) is 2. The Morgan fingerprint density at radius 1 is 1.50 bits per heavy atom. The molecule has 2 aromatic rings. The summed E-state index contributed by atoms with van der Waals surface area (Å²) in [6, 6.07) is 4.83. The molecule has 0 aliphatic heterocycles. The van der Waals surface area contributed by atoms with Gasteiger partial charge in [0.15, 0.2) is 5.82 Å². The lowest BCUT2D eigenvalue weighted by atomic mass is 10.1. The maximum absolute atomic E-state index is 5.99. The number of hydrogen-bond acceptors (Lipinski definition) is 5. The van der Waals surface area contributed by atoms with Crippen molar-refractivity contribution in [2.24, 2.45) is 5.73 Å². The Bertz CT molecular complexity index is 473. The Balaban J connectivity index is 2.31. The normalized spacial score (nSPS) is 12.4. The molecule has 0 fully saturated rings. The van der Waals surface area contributed by atoms with Gasteiger partial charge in [0.2, 0.25) is 0 Å². The number of tetrazole rings is 1. The minimum absolute atomic E-state index is 0.418. The number of nitrogens with zero attached hydrogens (tertiary/aromatic N) is 3. The number of aromatic amines is 1. The van der Waals surface area contributed by atoms with Gasteiger partial charge in [0, 0.05) is 0 Å². The number of benzene rings is 1. The van der Waals surface area contributed by atoms with E-state index in [-0.39, 0.29) is 0 Å². The summed E-state index contributed by atoms with van der Waals surface area (Å²) in [5, 5.41) is 13.9.